The molecular formula is C18H24N2O5. The molecule has 0 bridgehead atoms. The van der Waals surface area contributed by atoms with Crippen LogP contribution in [0.3, 0.4) is 0 Å². The van der Waals surface area contributed by atoms with E-state index in [1.807, 2.05) is 13.8 Å². The summed E-state index contributed by atoms with van der Waals surface area (Å²) in [5.74, 6) is -0.660. The van der Waals surface area contributed by atoms with Gasteiger partial charge in [-0.25, -0.2) is 4.98 Å². The Kier molecular flexibility index (Phi) is 4.94. The number of pyridine rings is 1. The van der Waals surface area contributed by atoms with Gasteiger partial charge in [0.25, 0.3) is 5.91 Å². The Balaban J connectivity index is 1.72. The monoisotopic (exact) mass is 348 g/mol. The highest BCUT2D eigenvalue weighted by Gasteiger charge is 2.48. The molecule has 2 aliphatic heterocycles. The first-order chi connectivity index (χ1) is 11.9. The van der Waals surface area contributed by atoms with Crippen LogP contribution in [0.5, 0.6) is 5.88 Å². The van der Waals surface area contributed by atoms with Crippen molar-refractivity contribution in [3.8, 4) is 5.88 Å². The van der Waals surface area contributed by atoms with Crippen molar-refractivity contribution < 1.29 is 24.2 Å². The number of hydrogen-bond donors (Lipinski definition) is 1. The molecule has 1 aromatic heterocycles. The lowest BCUT2D eigenvalue weighted by Crippen LogP contribution is -2.40. The van der Waals surface area contributed by atoms with Crippen molar-refractivity contribution in [1.82, 2.24) is 9.88 Å². The molecule has 7 nitrogen and oxygen atoms in total. The summed E-state index contributed by atoms with van der Waals surface area (Å²) in [5.41, 5.74) is -0.405. The molecule has 0 aromatic carbocycles. The highest BCUT2D eigenvalue weighted by molar-refractivity contribution is 5.95. The third kappa shape index (κ3) is 3.46. The number of aliphatic carboxylic acids is 1. The SMILES string of the molecule is CC(C)C1(C(=O)O)CCN(C(=O)c2ccnc(OC3CCOC3)c2)C1. The average molecular weight is 348 g/mol. The Morgan fingerprint density at radius 1 is 1.48 bits per heavy atom. The van der Waals surface area contributed by atoms with Crippen molar-refractivity contribution in [1.29, 1.82) is 0 Å². The second kappa shape index (κ2) is 7.00. The molecule has 1 N–H and O–H groups in total. The van der Waals surface area contributed by atoms with Gasteiger partial charge in [-0.15, -0.1) is 0 Å². The van der Waals surface area contributed by atoms with Crippen molar-refractivity contribution in [2.24, 2.45) is 11.3 Å². The zero-order valence-corrected chi connectivity index (χ0v) is 14.6. The van der Waals surface area contributed by atoms with Crippen molar-refractivity contribution in [3.63, 3.8) is 0 Å². The molecule has 2 aliphatic rings. The van der Waals surface area contributed by atoms with E-state index in [2.05, 4.69) is 4.98 Å². The summed E-state index contributed by atoms with van der Waals surface area (Å²) >= 11 is 0. The molecule has 7 heteroatoms. The molecule has 3 heterocycles. The van der Waals surface area contributed by atoms with E-state index in [-0.39, 0.29) is 24.5 Å². The number of carboxylic acid groups (broad SMARTS) is 1. The number of aromatic nitrogens is 1. The molecule has 2 unspecified atom stereocenters. The Bertz CT molecular complexity index is 657. The summed E-state index contributed by atoms with van der Waals surface area (Å²) in [5, 5.41) is 9.63. The molecule has 3 rings (SSSR count). The molecule has 0 aliphatic carbocycles. The number of rotatable bonds is 5. The third-order valence-corrected chi connectivity index (χ3v) is 5.28. The van der Waals surface area contributed by atoms with Crippen LogP contribution in [0.2, 0.25) is 0 Å². The number of likely N-dealkylation sites (tertiary alicyclic amines) is 1. The van der Waals surface area contributed by atoms with Crippen LogP contribution in [-0.2, 0) is 9.53 Å². The second-order valence-corrected chi connectivity index (χ2v) is 7.08. The van der Waals surface area contributed by atoms with E-state index >= 15 is 0 Å². The van der Waals surface area contributed by atoms with Crippen LogP contribution < -0.4 is 4.74 Å². The summed E-state index contributed by atoms with van der Waals surface area (Å²) in [4.78, 5) is 30.3. The van der Waals surface area contributed by atoms with Gasteiger partial charge in [0.1, 0.15) is 6.10 Å². The van der Waals surface area contributed by atoms with Crippen molar-refractivity contribution in [3.05, 3.63) is 23.9 Å². The first-order valence-electron chi connectivity index (χ1n) is 8.65. The average Bonchev–Trinajstić information content (AvgIpc) is 3.24. The maximum absolute atomic E-state index is 12.8. The van der Waals surface area contributed by atoms with Gasteiger partial charge in [-0.3, -0.25) is 9.59 Å². The standard InChI is InChI=1S/C18H24N2O5/c1-12(2)18(17(22)23)5-7-20(11-18)16(21)13-3-6-19-15(9-13)25-14-4-8-24-10-14/h3,6,9,12,14H,4-5,7-8,10-11H2,1-2H3,(H,22,23). The number of carbonyl (C=O) groups is 2. The molecule has 2 fully saturated rings. The number of carbonyl (C=O) groups excluding carboxylic acids is 1. The van der Waals surface area contributed by atoms with Gasteiger partial charge in [0, 0.05) is 37.3 Å². The summed E-state index contributed by atoms with van der Waals surface area (Å²) in [6, 6.07) is 3.26. The molecule has 2 atom stereocenters. The summed E-state index contributed by atoms with van der Waals surface area (Å²) < 4.78 is 11.0. The Hall–Kier alpha value is -2.15. The lowest BCUT2D eigenvalue weighted by Gasteiger charge is -2.28. The largest absolute Gasteiger partial charge is 0.481 e. The number of ether oxygens (including phenoxy) is 2. The van der Waals surface area contributed by atoms with Crippen LogP contribution in [0.4, 0.5) is 0 Å². The smallest absolute Gasteiger partial charge is 0.311 e. The van der Waals surface area contributed by atoms with Crippen LogP contribution >= 0.6 is 0 Å². The minimum Gasteiger partial charge on any atom is -0.481 e. The van der Waals surface area contributed by atoms with E-state index < -0.39 is 11.4 Å². The number of carboxylic acids is 1. The van der Waals surface area contributed by atoms with Gasteiger partial charge in [0.2, 0.25) is 5.88 Å². The molecule has 136 valence electrons. The summed E-state index contributed by atoms with van der Waals surface area (Å²) in [7, 11) is 0. The Morgan fingerprint density at radius 3 is 2.88 bits per heavy atom. The van der Waals surface area contributed by atoms with Crippen molar-refractivity contribution in [2.75, 3.05) is 26.3 Å². The van der Waals surface area contributed by atoms with Gasteiger partial charge < -0.3 is 19.5 Å². The highest BCUT2D eigenvalue weighted by atomic mass is 16.5. The number of hydrogen-bond acceptors (Lipinski definition) is 5. The van der Waals surface area contributed by atoms with Crippen molar-refractivity contribution in [2.45, 2.75) is 32.8 Å². The molecule has 25 heavy (non-hydrogen) atoms. The fourth-order valence-corrected chi connectivity index (χ4v) is 3.47. The minimum atomic E-state index is -0.872. The van der Waals surface area contributed by atoms with Crippen molar-refractivity contribution >= 4 is 11.9 Å². The Labute approximate surface area is 146 Å². The van der Waals surface area contributed by atoms with Crippen LogP contribution in [0.1, 0.15) is 37.0 Å². The quantitative estimate of drug-likeness (QED) is 0.873. The summed E-state index contributed by atoms with van der Waals surface area (Å²) in [6.07, 6.45) is 2.79. The van der Waals surface area contributed by atoms with Crippen LogP contribution in [0.25, 0.3) is 0 Å². The topological polar surface area (TPSA) is 89.0 Å². The van der Waals surface area contributed by atoms with E-state index in [0.717, 1.165) is 6.42 Å². The fraction of sp³-hybridized carbons (Fsp3) is 0.611. The Morgan fingerprint density at radius 2 is 2.28 bits per heavy atom. The van der Waals surface area contributed by atoms with E-state index in [4.69, 9.17) is 9.47 Å². The van der Waals surface area contributed by atoms with E-state index in [1.165, 1.54) is 0 Å². The molecular weight excluding hydrogens is 324 g/mol. The predicted octanol–water partition coefficient (Wildman–Crippen LogP) is 1.82. The van der Waals surface area contributed by atoms with Gasteiger partial charge in [-0.05, 0) is 18.4 Å². The summed E-state index contributed by atoms with van der Waals surface area (Å²) in [6.45, 7) is 5.66. The molecule has 2 saturated heterocycles. The number of amides is 1. The lowest BCUT2D eigenvalue weighted by molar-refractivity contribution is -0.150. The second-order valence-electron chi connectivity index (χ2n) is 7.08. The van der Waals surface area contributed by atoms with E-state index in [1.54, 1.807) is 23.2 Å². The number of nitrogens with zero attached hydrogens (tertiary/aromatic N) is 2. The molecule has 0 spiro atoms. The van der Waals surface area contributed by atoms with Gasteiger partial charge >= 0.3 is 5.97 Å². The minimum absolute atomic E-state index is 0.0368. The van der Waals surface area contributed by atoms with Gasteiger partial charge in [-0.2, -0.15) is 0 Å². The zero-order valence-electron chi connectivity index (χ0n) is 14.6. The van der Waals surface area contributed by atoms with E-state index in [9.17, 15) is 14.7 Å². The fourth-order valence-electron chi connectivity index (χ4n) is 3.47. The maximum atomic E-state index is 12.8. The molecule has 1 aromatic rings. The highest BCUT2D eigenvalue weighted by Crippen LogP contribution is 2.38. The molecule has 1 amide bonds. The third-order valence-electron chi connectivity index (χ3n) is 5.28. The predicted molar refractivity (Wildman–Crippen MR) is 89.5 cm³/mol. The van der Waals surface area contributed by atoms with Gasteiger partial charge in [-0.1, -0.05) is 13.8 Å². The van der Waals surface area contributed by atoms with Gasteiger partial charge in [0.15, 0.2) is 0 Å². The van der Waals surface area contributed by atoms with Crippen LogP contribution in [0, 0.1) is 11.3 Å². The maximum Gasteiger partial charge on any atom is 0.311 e. The lowest BCUT2D eigenvalue weighted by atomic mass is 9.76. The van der Waals surface area contributed by atoms with Crippen LogP contribution in [0.15, 0.2) is 18.3 Å². The van der Waals surface area contributed by atoms with Gasteiger partial charge in [0.05, 0.1) is 18.6 Å². The first-order valence-corrected chi connectivity index (χ1v) is 8.65. The molecule has 0 saturated carbocycles. The first kappa shape index (κ1) is 17.7. The normalized spacial score (nSPS) is 26.2. The van der Waals surface area contributed by atoms with E-state index in [0.29, 0.717) is 37.6 Å². The zero-order chi connectivity index (χ0) is 18.0. The molecule has 0 radical (unpaired) electrons. The van der Waals surface area contributed by atoms with Crippen LogP contribution in [-0.4, -0.2) is 59.3 Å².